The number of hydrogen-bond donors (Lipinski definition) is 0. The molecule has 0 amide bonds. The number of rotatable bonds is 2. The van der Waals surface area contributed by atoms with Crippen LogP contribution in [0.1, 0.15) is 0 Å². The molecule has 0 N–H and O–H groups in total. The van der Waals surface area contributed by atoms with Crippen LogP contribution in [0.5, 0.6) is 0 Å². The van der Waals surface area contributed by atoms with Crippen LogP contribution in [0.2, 0.25) is 0 Å². The molecule has 0 heterocycles. The average Bonchev–Trinajstić information content (AvgIpc) is 1.68. The summed E-state index contributed by atoms with van der Waals surface area (Å²) in [6, 6.07) is 0. The number of halogens is 2. The van der Waals surface area contributed by atoms with Crippen molar-refractivity contribution in [3.8, 4) is 0 Å². The average molecular weight is 288 g/mol. The summed E-state index contributed by atoms with van der Waals surface area (Å²) in [7, 11) is 2.76. The summed E-state index contributed by atoms with van der Waals surface area (Å²) >= 11 is 0. The Morgan fingerprint density at radius 2 is 1.70 bits per heavy atom. The van der Waals surface area contributed by atoms with Crippen molar-refractivity contribution in [3.05, 3.63) is 0 Å². The predicted octanol–water partition coefficient (Wildman–Crippen LogP) is -6.57. The molecule has 0 spiro atoms. The molecule has 0 aromatic carbocycles. The summed E-state index contributed by atoms with van der Waals surface area (Å²) in [5, 5.41) is 0. The van der Waals surface area contributed by atoms with Crippen LogP contribution >= 0.6 is 0 Å². The van der Waals surface area contributed by atoms with Crippen LogP contribution in [0.4, 0.5) is 0 Å². The van der Waals surface area contributed by atoms with E-state index in [2.05, 4.69) is 9.47 Å². The van der Waals surface area contributed by atoms with Gasteiger partial charge in [-0.2, -0.15) is 0 Å². The predicted molar refractivity (Wildman–Crippen MR) is 29.6 cm³/mol. The monoisotopic (exact) mass is 286 g/mol. The standard InChI is InChI=1S/C4H8O3.2BrH.Mg/c1-6-3-4(5)7-2;;;/h3H2,1-2H3;2*1H;/q;;;+2/p-2. The molecule has 0 atom stereocenters. The number of esters is 1. The van der Waals surface area contributed by atoms with Gasteiger partial charge in [-0.05, 0) is 0 Å². The zero-order chi connectivity index (χ0) is 5.70. The Bertz CT molecular complexity index is 71.5. The van der Waals surface area contributed by atoms with Gasteiger partial charge in [-0.25, -0.2) is 4.79 Å². The van der Waals surface area contributed by atoms with Crippen molar-refractivity contribution in [1.29, 1.82) is 0 Å². The van der Waals surface area contributed by atoms with Crippen molar-refractivity contribution in [2.75, 3.05) is 20.8 Å². The second-order valence-corrected chi connectivity index (χ2v) is 1.01. The van der Waals surface area contributed by atoms with Gasteiger partial charge in [-0.3, -0.25) is 0 Å². The van der Waals surface area contributed by atoms with Crippen molar-refractivity contribution >= 4 is 29.0 Å². The minimum Gasteiger partial charge on any atom is -1.00 e. The zero-order valence-corrected chi connectivity index (χ0v) is 10.5. The third-order valence-electron chi connectivity index (χ3n) is 0.490. The van der Waals surface area contributed by atoms with Gasteiger partial charge >= 0.3 is 29.0 Å². The summed E-state index contributed by atoms with van der Waals surface area (Å²) in [6.45, 7) is 0.0382. The van der Waals surface area contributed by atoms with Gasteiger partial charge in [0.15, 0.2) is 0 Å². The number of ether oxygens (including phenoxy) is 2. The first-order valence-electron chi connectivity index (χ1n) is 1.87. The van der Waals surface area contributed by atoms with Crippen LogP contribution in [0, 0.1) is 0 Å². The Kier molecular flexibility index (Phi) is 37.4. The van der Waals surface area contributed by atoms with E-state index in [-0.39, 0.29) is 69.6 Å². The third kappa shape index (κ3) is 16.1. The van der Waals surface area contributed by atoms with Crippen molar-refractivity contribution in [2.45, 2.75) is 0 Å². The molecule has 0 aliphatic rings. The van der Waals surface area contributed by atoms with Gasteiger partial charge in [0.25, 0.3) is 0 Å². The number of carbonyl (C=O) groups is 1. The minimum absolute atomic E-state index is 0. The number of carbonyl (C=O) groups excluding carboxylic acids is 1. The SMILES string of the molecule is COCC(=O)OC.[Br-].[Br-].[Mg+2]. The van der Waals surface area contributed by atoms with E-state index >= 15 is 0 Å². The molecule has 58 valence electrons. The maximum absolute atomic E-state index is 10.1. The molecular formula is C4H8Br2MgO3. The Morgan fingerprint density at radius 1 is 1.30 bits per heavy atom. The van der Waals surface area contributed by atoms with Gasteiger partial charge in [-0.1, -0.05) is 0 Å². The third-order valence-corrected chi connectivity index (χ3v) is 0.490. The Labute approximate surface area is 97.5 Å². The quantitative estimate of drug-likeness (QED) is 0.374. The van der Waals surface area contributed by atoms with Crippen molar-refractivity contribution in [3.63, 3.8) is 0 Å². The molecule has 10 heavy (non-hydrogen) atoms. The zero-order valence-electron chi connectivity index (χ0n) is 5.89. The molecule has 3 nitrogen and oxygen atoms in total. The van der Waals surface area contributed by atoms with Gasteiger partial charge in [0.2, 0.25) is 0 Å². The van der Waals surface area contributed by atoms with Gasteiger partial charge in [-0.15, -0.1) is 0 Å². The summed E-state index contributed by atoms with van der Waals surface area (Å²) in [5.74, 6) is -0.345. The summed E-state index contributed by atoms with van der Waals surface area (Å²) in [5.41, 5.74) is 0. The molecule has 0 saturated carbocycles. The number of methoxy groups -OCH3 is 2. The van der Waals surface area contributed by atoms with E-state index in [1.807, 2.05) is 0 Å². The molecule has 0 rings (SSSR count). The topological polar surface area (TPSA) is 35.5 Å². The Morgan fingerprint density at radius 3 is 1.80 bits per heavy atom. The molecule has 6 heteroatoms. The number of hydrogen-bond acceptors (Lipinski definition) is 3. The smallest absolute Gasteiger partial charge is 1.00 e. The molecule has 0 aromatic rings. The summed E-state index contributed by atoms with van der Waals surface area (Å²) < 4.78 is 8.65. The van der Waals surface area contributed by atoms with Gasteiger partial charge < -0.3 is 43.4 Å². The molecule has 0 aliphatic carbocycles. The van der Waals surface area contributed by atoms with Crippen LogP contribution in [0.3, 0.4) is 0 Å². The molecule has 0 radical (unpaired) electrons. The van der Waals surface area contributed by atoms with Crippen LogP contribution in [-0.4, -0.2) is 49.8 Å². The largest absolute Gasteiger partial charge is 2.00 e. The van der Waals surface area contributed by atoms with Crippen molar-refractivity contribution < 1.29 is 48.2 Å². The fourth-order valence-corrected chi connectivity index (χ4v) is 0.177. The first kappa shape index (κ1) is 22.5. The fourth-order valence-electron chi connectivity index (χ4n) is 0.177. The minimum atomic E-state index is -0.345. The van der Waals surface area contributed by atoms with E-state index in [4.69, 9.17) is 0 Å². The normalized spacial score (nSPS) is 5.80. The van der Waals surface area contributed by atoms with E-state index in [9.17, 15) is 4.79 Å². The van der Waals surface area contributed by atoms with Crippen molar-refractivity contribution in [1.82, 2.24) is 0 Å². The van der Waals surface area contributed by atoms with Crippen LogP contribution < -0.4 is 34.0 Å². The molecule has 0 fully saturated rings. The second-order valence-electron chi connectivity index (χ2n) is 1.01. The molecule has 0 aromatic heterocycles. The van der Waals surface area contributed by atoms with E-state index < -0.39 is 0 Å². The van der Waals surface area contributed by atoms with Gasteiger partial charge in [0.1, 0.15) is 6.61 Å². The second kappa shape index (κ2) is 16.6. The van der Waals surface area contributed by atoms with E-state index in [0.29, 0.717) is 0 Å². The Hall–Kier alpha value is 1.16. The van der Waals surface area contributed by atoms with Gasteiger partial charge in [0.05, 0.1) is 7.11 Å². The van der Waals surface area contributed by atoms with Gasteiger partial charge in [0, 0.05) is 7.11 Å². The van der Waals surface area contributed by atoms with Crippen molar-refractivity contribution in [2.24, 2.45) is 0 Å². The fraction of sp³-hybridized carbons (Fsp3) is 0.750. The summed E-state index contributed by atoms with van der Waals surface area (Å²) in [6.07, 6.45) is 0. The van der Waals surface area contributed by atoms with Crippen LogP contribution in [-0.2, 0) is 14.3 Å². The molecule has 0 bridgehead atoms. The van der Waals surface area contributed by atoms with E-state index in [1.54, 1.807) is 0 Å². The van der Waals surface area contributed by atoms with E-state index in [0.717, 1.165) is 0 Å². The molecule has 0 saturated heterocycles. The molecule has 0 aliphatic heterocycles. The first-order valence-corrected chi connectivity index (χ1v) is 1.87. The van der Waals surface area contributed by atoms with Crippen LogP contribution in [0.15, 0.2) is 0 Å². The van der Waals surface area contributed by atoms with E-state index in [1.165, 1.54) is 14.2 Å². The first-order chi connectivity index (χ1) is 3.31. The molecular weight excluding hydrogens is 280 g/mol. The summed E-state index contributed by atoms with van der Waals surface area (Å²) in [4.78, 5) is 10.1. The molecule has 0 unspecified atom stereocenters. The maximum Gasteiger partial charge on any atom is 2.00 e. The maximum atomic E-state index is 10.1. The Balaban J connectivity index is -0.0000000600. The van der Waals surface area contributed by atoms with Crippen LogP contribution in [0.25, 0.3) is 0 Å².